The highest BCUT2D eigenvalue weighted by Crippen LogP contribution is 2.25. The third-order valence-corrected chi connectivity index (χ3v) is 9.15. The Bertz CT molecular complexity index is 1730. The zero-order valence-electron chi connectivity index (χ0n) is 31.4. The SMILES string of the molecule is CC(=O)N[C@H]1C([C@H](O)[C@H](O)CNC(=O)CCCCCCC(C)n2cc(COCCOc3ccc(C(=O)N4CCC4=O)cc3)nn2)OC(C(=O)O)=C[C@@H]1N=C(N)N. The summed E-state index contributed by atoms with van der Waals surface area (Å²) in [5, 5.41) is 44.5. The number of aliphatic hydroxyl groups is 2. The third-order valence-electron chi connectivity index (χ3n) is 9.15. The largest absolute Gasteiger partial charge is 0.491 e. The molecule has 2 aliphatic heterocycles. The zero-order chi connectivity index (χ0) is 40.8. The van der Waals surface area contributed by atoms with Gasteiger partial charge in [0, 0.05) is 38.4 Å². The van der Waals surface area contributed by atoms with Crippen LogP contribution in [0.4, 0.5) is 0 Å². The van der Waals surface area contributed by atoms with Crippen molar-refractivity contribution in [2.24, 2.45) is 16.5 Å². The average molecular weight is 786 g/mol. The second-order valence-electron chi connectivity index (χ2n) is 13.6. The first-order valence-corrected chi connectivity index (χ1v) is 18.4. The number of aliphatic carboxylic acids is 1. The lowest BCUT2D eigenvalue weighted by Gasteiger charge is -2.38. The van der Waals surface area contributed by atoms with Gasteiger partial charge in [-0.1, -0.05) is 24.5 Å². The quantitative estimate of drug-likeness (QED) is 0.0260. The first-order valence-electron chi connectivity index (χ1n) is 18.4. The Hall–Kier alpha value is -5.60. The van der Waals surface area contributed by atoms with Crippen molar-refractivity contribution in [3.63, 3.8) is 0 Å². The molecule has 0 bridgehead atoms. The van der Waals surface area contributed by atoms with E-state index in [1.165, 1.54) is 11.8 Å². The fraction of sp³-hybridized carbons (Fsp3) is 0.556. The summed E-state index contributed by atoms with van der Waals surface area (Å²) in [4.78, 5) is 64.9. The Morgan fingerprint density at radius 2 is 1.82 bits per heavy atom. The molecule has 0 aliphatic carbocycles. The topological polar surface area (TPSA) is 296 Å². The number of benzene rings is 1. The van der Waals surface area contributed by atoms with Crippen molar-refractivity contribution in [3.05, 3.63) is 53.6 Å². The van der Waals surface area contributed by atoms with Gasteiger partial charge >= 0.3 is 5.97 Å². The molecule has 2 aromatic rings. The molecule has 1 aromatic carbocycles. The highest BCUT2D eigenvalue weighted by atomic mass is 16.5. The van der Waals surface area contributed by atoms with E-state index in [0.29, 0.717) is 49.6 Å². The van der Waals surface area contributed by atoms with Crippen molar-refractivity contribution in [1.29, 1.82) is 0 Å². The number of guanidine groups is 1. The summed E-state index contributed by atoms with van der Waals surface area (Å²) in [6.07, 6.45) is 2.75. The van der Waals surface area contributed by atoms with Gasteiger partial charge in [-0.3, -0.25) is 24.1 Å². The summed E-state index contributed by atoms with van der Waals surface area (Å²) in [5.41, 5.74) is 12.1. The van der Waals surface area contributed by atoms with E-state index in [-0.39, 0.29) is 43.3 Å². The van der Waals surface area contributed by atoms with E-state index in [0.717, 1.165) is 31.8 Å². The summed E-state index contributed by atoms with van der Waals surface area (Å²) in [7, 11) is 0. The second kappa shape index (κ2) is 20.9. The number of aliphatic hydroxyl groups excluding tert-OH is 2. The molecule has 9 N–H and O–H groups in total. The van der Waals surface area contributed by atoms with E-state index in [4.69, 9.17) is 25.7 Å². The maximum Gasteiger partial charge on any atom is 0.370 e. The lowest BCUT2D eigenvalue weighted by Crippen LogP contribution is -2.60. The van der Waals surface area contributed by atoms with Crippen molar-refractivity contribution in [2.45, 2.75) is 102 Å². The molecule has 1 fully saturated rings. The molecule has 2 unspecified atom stereocenters. The first kappa shape index (κ1) is 43.1. The minimum absolute atomic E-state index is 0.0973. The number of imide groups is 1. The summed E-state index contributed by atoms with van der Waals surface area (Å²) in [6.45, 7) is 4.21. The molecule has 0 spiro atoms. The number of carboxylic acid groups (broad SMARTS) is 1. The van der Waals surface area contributed by atoms with Crippen LogP contribution in [0.2, 0.25) is 0 Å². The highest BCUT2D eigenvalue weighted by molar-refractivity contribution is 6.07. The Morgan fingerprint density at radius 1 is 1.09 bits per heavy atom. The van der Waals surface area contributed by atoms with Gasteiger partial charge in [0.1, 0.15) is 36.4 Å². The average Bonchev–Trinajstić information content (AvgIpc) is 3.63. The molecule has 6 atom stereocenters. The predicted molar refractivity (Wildman–Crippen MR) is 198 cm³/mol. The van der Waals surface area contributed by atoms with Crippen molar-refractivity contribution in [1.82, 2.24) is 30.5 Å². The normalized spacial score (nSPS) is 19.4. The van der Waals surface area contributed by atoms with E-state index in [9.17, 15) is 39.3 Å². The fourth-order valence-electron chi connectivity index (χ4n) is 6.04. The number of β-lactam (4-membered cyclic amide) rings is 1. The van der Waals surface area contributed by atoms with Crippen LogP contribution in [0.3, 0.4) is 0 Å². The van der Waals surface area contributed by atoms with Gasteiger partial charge in [-0.05, 0) is 50.1 Å². The molecular weight excluding hydrogens is 734 g/mol. The number of amides is 4. The van der Waals surface area contributed by atoms with Crippen LogP contribution < -0.4 is 26.8 Å². The number of hydrogen-bond acceptors (Lipinski definition) is 13. The van der Waals surface area contributed by atoms with Crippen molar-refractivity contribution in [2.75, 3.05) is 26.3 Å². The number of nitrogens with zero attached hydrogens (tertiary/aromatic N) is 5. The molecular formula is C36H51N9O11. The third kappa shape index (κ3) is 12.7. The van der Waals surface area contributed by atoms with Crippen LogP contribution in [0.1, 0.15) is 80.9 Å². The van der Waals surface area contributed by atoms with Crippen LogP contribution in [-0.2, 0) is 35.3 Å². The van der Waals surface area contributed by atoms with Gasteiger partial charge in [-0.2, -0.15) is 0 Å². The number of likely N-dealkylation sites (tertiary alicyclic amines) is 1. The van der Waals surface area contributed by atoms with Gasteiger partial charge in [0.25, 0.3) is 5.91 Å². The molecule has 306 valence electrons. The number of ether oxygens (including phenoxy) is 3. The number of nitrogens with one attached hydrogen (secondary N) is 2. The van der Waals surface area contributed by atoms with Gasteiger partial charge in [0.05, 0.1) is 37.5 Å². The standard InChI is InChI=1S/C36H51N9O11/c1-21(45-19-24(42-43-45)20-54-15-16-55-25-11-9-23(10-12-25)34(51)44-14-13-30(44)49)7-5-3-4-6-8-29(48)39-18-27(47)32(50)33-31(40-22(2)46)26(41-36(37)38)17-28(56-33)35(52)53/h9-12,17,19,21,26-27,31-33,47,50H,3-8,13-16,18,20H2,1-2H3,(H,39,48)(H,40,46)(H,52,53)(H4,37,38,41)/t21?,26-,27+,31+,32+,33?/m0/s1. The summed E-state index contributed by atoms with van der Waals surface area (Å²) < 4.78 is 18.5. The van der Waals surface area contributed by atoms with Crippen LogP contribution >= 0.6 is 0 Å². The monoisotopic (exact) mass is 785 g/mol. The molecule has 56 heavy (non-hydrogen) atoms. The summed E-state index contributed by atoms with van der Waals surface area (Å²) in [6, 6.07) is 4.48. The van der Waals surface area contributed by atoms with Crippen molar-refractivity contribution in [3.8, 4) is 5.75 Å². The number of aliphatic imine (C=N–C) groups is 1. The number of carboxylic acids is 1. The molecule has 4 rings (SSSR count). The van der Waals surface area contributed by atoms with E-state index in [1.54, 1.807) is 28.9 Å². The predicted octanol–water partition coefficient (Wildman–Crippen LogP) is -0.500. The van der Waals surface area contributed by atoms with Crippen molar-refractivity contribution < 1.29 is 53.5 Å². The lowest BCUT2D eigenvalue weighted by molar-refractivity contribution is -0.144. The number of nitrogens with two attached hydrogens (primary N) is 2. The molecule has 2 aliphatic rings. The van der Waals surface area contributed by atoms with E-state index in [2.05, 4.69) is 25.9 Å². The Balaban J connectivity index is 1.07. The van der Waals surface area contributed by atoms with Gasteiger partial charge in [0.15, 0.2) is 5.96 Å². The number of unbranched alkanes of at least 4 members (excludes halogenated alkanes) is 3. The van der Waals surface area contributed by atoms with Gasteiger partial charge < -0.3 is 51.6 Å². The number of rotatable bonds is 22. The second-order valence-corrected chi connectivity index (χ2v) is 13.6. The molecule has 20 heteroatoms. The first-order chi connectivity index (χ1) is 26.7. The maximum atomic E-state index is 12.5. The van der Waals surface area contributed by atoms with Gasteiger partial charge in [0.2, 0.25) is 23.5 Å². The minimum atomic E-state index is -1.73. The van der Waals surface area contributed by atoms with E-state index >= 15 is 0 Å². The molecule has 1 saturated heterocycles. The Labute approximate surface area is 323 Å². The Kier molecular flexibility index (Phi) is 16.1. The van der Waals surface area contributed by atoms with Gasteiger partial charge in [-0.15, -0.1) is 5.10 Å². The number of aromatic nitrogens is 3. The number of hydrogen-bond donors (Lipinski definition) is 7. The molecule has 4 amide bonds. The minimum Gasteiger partial charge on any atom is -0.491 e. The molecule has 3 heterocycles. The maximum absolute atomic E-state index is 12.5. The van der Waals surface area contributed by atoms with Crippen LogP contribution in [0.25, 0.3) is 0 Å². The zero-order valence-corrected chi connectivity index (χ0v) is 31.4. The van der Waals surface area contributed by atoms with Crippen LogP contribution in [0, 0.1) is 0 Å². The van der Waals surface area contributed by atoms with Crippen LogP contribution in [0.5, 0.6) is 5.75 Å². The number of carbonyl (C=O) groups is 5. The highest BCUT2D eigenvalue weighted by Gasteiger charge is 2.44. The Morgan fingerprint density at radius 3 is 2.46 bits per heavy atom. The van der Waals surface area contributed by atoms with E-state index < -0.39 is 54.0 Å². The molecule has 0 saturated carbocycles. The van der Waals surface area contributed by atoms with Crippen molar-refractivity contribution >= 4 is 35.6 Å². The summed E-state index contributed by atoms with van der Waals surface area (Å²) in [5.74, 6) is -3.20. The van der Waals surface area contributed by atoms with Crippen LogP contribution in [0.15, 0.2) is 47.3 Å². The van der Waals surface area contributed by atoms with Gasteiger partial charge in [-0.25, -0.2) is 14.5 Å². The number of carbonyl (C=O) groups excluding carboxylic acids is 4. The summed E-state index contributed by atoms with van der Waals surface area (Å²) >= 11 is 0. The molecule has 0 radical (unpaired) electrons. The van der Waals surface area contributed by atoms with E-state index in [1.807, 2.05) is 13.1 Å². The molecule has 20 nitrogen and oxygen atoms in total. The lowest BCUT2D eigenvalue weighted by atomic mass is 9.92. The van der Waals surface area contributed by atoms with Crippen LogP contribution in [-0.4, -0.2) is 127 Å². The smallest absolute Gasteiger partial charge is 0.370 e. The molecule has 1 aromatic heterocycles. The fourth-order valence-corrected chi connectivity index (χ4v) is 6.04.